The maximum atomic E-state index is 12.3. The summed E-state index contributed by atoms with van der Waals surface area (Å²) in [5.41, 5.74) is 6.11. The van der Waals surface area contributed by atoms with Gasteiger partial charge in [-0.2, -0.15) is 0 Å². The van der Waals surface area contributed by atoms with Crippen LogP contribution in [0.5, 0.6) is 5.75 Å². The number of para-hydroxylation sites is 2. The van der Waals surface area contributed by atoms with E-state index >= 15 is 0 Å². The minimum absolute atomic E-state index is 0.271. The molecule has 0 spiro atoms. The molecule has 0 atom stereocenters. The number of amides is 2. The fourth-order valence-electron chi connectivity index (χ4n) is 1.68. The number of anilines is 1. The molecule has 0 aliphatic heterocycles. The summed E-state index contributed by atoms with van der Waals surface area (Å²) in [7, 11) is 0. The number of halogens is 1. The Hall–Kier alpha value is -2.09. The molecule has 3 N–H and O–H groups in total. The molecule has 0 aliphatic rings. The number of hydrogen-bond acceptors (Lipinski definition) is 3. The van der Waals surface area contributed by atoms with Crippen LogP contribution in [0.2, 0.25) is 0 Å². The van der Waals surface area contributed by atoms with E-state index in [1.165, 1.54) is 0 Å². The molecule has 0 bridgehead atoms. The summed E-state index contributed by atoms with van der Waals surface area (Å²) in [4.78, 5) is 23.1. The molecule has 2 aromatic carbocycles. The highest BCUT2D eigenvalue weighted by Gasteiger charge is 2.13. The zero-order valence-corrected chi connectivity index (χ0v) is 13.2. The zero-order valence-electron chi connectivity index (χ0n) is 11.0. The number of nitrogens with two attached hydrogens (primary N) is 1. The summed E-state index contributed by atoms with van der Waals surface area (Å²) < 4.78 is 6.18. The average molecular weight is 396 g/mol. The number of nitrogens with one attached hydrogen (secondary N) is 1. The van der Waals surface area contributed by atoms with Gasteiger partial charge in [-0.05, 0) is 46.9 Å². The second-order valence-electron chi connectivity index (χ2n) is 4.19. The Kier molecular flexibility index (Phi) is 5.15. The van der Waals surface area contributed by atoms with Gasteiger partial charge in [0.2, 0.25) is 0 Å². The summed E-state index contributed by atoms with van der Waals surface area (Å²) in [5.74, 6) is -0.582. The van der Waals surface area contributed by atoms with Crippen LogP contribution in [0.4, 0.5) is 5.69 Å². The van der Waals surface area contributed by atoms with Gasteiger partial charge in [0.1, 0.15) is 5.75 Å². The first-order valence-electron chi connectivity index (χ1n) is 6.14. The Labute approximate surface area is 135 Å². The Bertz CT molecular complexity index is 673. The molecule has 0 radical (unpaired) electrons. The van der Waals surface area contributed by atoms with E-state index in [1.807, 2.05) is 24.3 Å². The maximum Gasteiger partial charge on any atom is 0.259 e. The van der Waals surface area contributed by atoms with E-state index in [0.717, 1.165) is 3.57 Å². The van der Waals surface area contributed by atoms with Gasteiger partial charge in [0.25, 0.3) is 11.8 Å². The normalized spacial score (nSPS) is 9.95. The third-order valence-corrected chi connectivity index (χ3v) is 3.56. The summed E-state index contributed by atoms with van der Waals surface area (Å²) in [5, 5.41) is 2.81. The van der Waals surface area contributed by atoms with Crippen molar-refractivity contribution in [3.8, 4) is 5.75 Å². The van der Waals surface area contributed by atoms with Crippen LogP contribution in [0.25, 0.3) is 0 Å². The molecule has 0 fully saturated rings. The predicted molar refractivity (Wildman–Crippen MR) is 88.2 cm³/mol. The maximum absolute atomic E-state index is 12.3. The fraction of sp³-hybridized carbons (Fsp3) is 0.0667. The van der Waals surface area contributed by atoms with Crippen molar-refractivity contribution in [2.75, 3.05) is 11.9 Å². The molecule has 108 valence electrons. The third kappa shape index (κ3) is 4.19. The molecule has 2 rings (SSSR count). The highest BCUT2D eigenvalue weighted by atomic mass is 127. The number of rotatable bonds is 5. The Morgan fingerprint density at radius 2 is 1.76 bits per heavy atom. The molecule has 5 nitrogen and oxygen atoms in total. The standard InChI is InChI=1S/C15H13IN2O3/c16-11-6-2-3-7-12(11)18-15(20)10-5-1-4-8-13(10)21-9-14(17)19/h1-8H,9H2,(H2,17,19)(H,18,20). The number of carbonyl (C=O) groups excluding carboxylic acids is 2. The van der Waals surface area contributed by atoms with Crippen LogP contribution in [0, 0.1) is 3.57 Å². The topological polar surface area (TPSA) is 81.4 Å². The minimum atomic E-state index is -0.595. The number of ether oxygens (including phenoxy) is 1. The van der Waals surface area contributed by atoms with Crippen molar-refractivity contribution < 1.29 is 14.3 Å². The molecular weight excluding hydrogens is 383 g/mol. The van der Waals surface area contributed by atoms with E-state index in [4.69, 9.17) is 10.5 Å². The molecule has 0 unspecified atom stereocenters. The van der Waals surface area contributed by atoms with E-state index in [-0.39, 0.29) is 12.5 Å². The Morgan fingerprint density at radius 1 is 1.10 bits per heavy atom. The van der Waals surface area contributed by atoms with E-state index in [0.29, 0.717) is 17.0 Å². The predicted octanol–water partition coefficient (Wildman–Crippen LogP) is 2.41. The van der Waals surface area contributed by atoms with Gasteiger partial charge in [0.05, 0.1) is 11.3 Å². The van der Waals surface area contributed by atoms with Gasteiger partial charge < -0.3 is 15.8 Å². The molecule has 2 aromatic rings. The third-order valence-electron chi connectivity index (χ3n) is 2.62. The van der Waals surface area contributed by atoms with Crippen molar-refractivity contribution >= 4 is 40.1 Å². The molecule has 21 heavy (non-hydrogen) atoms. The molecule has 0 saturated carbocycles. The smallest absolute Gasteiger partial charge is 0.259 e. The van der Waals surface area contributed by atoms with Gasteiger partial charge >= 0.3 is 0 Å². The quantitative estimate of drug-likeness (QED) is 0.762. The molecule has 2 amide bonds. The number of primary amides is 1. The Morgan fingerprint density at radius 3 is 2.48 bits per heavy atom. The van der Waals surface area contributed by atoms with E-state index < -0.39 is 5.91 Å². The van der Waals surface area contributed by atoms with Crippen molar-refractivity contribution in [2.45, 2.75) is 0 Å². The number of benzene rings is 2. The van der Waals surface area contributed by atoms with Gasteiger partial charge in [-0.25, -0.2) is 0 Å². The monoisotopic (exact) mass is 396 g/mol. The lowest BCUT2D eigenvalue weighted by Crippen LogP contribution is -2.21. The molecule has 0 aromatic heterocycles. The van der Waals surface area contributed by atoms with Crippen LogP contribution >= 0.6 is 22.6 Å². The lowest BCUT2D eigenvalue weighted by atomic mass is 10.2. The minimum Gasteiger partial charge on any atom is -0.483 e. The second kappa shape index (κ2) is 7.07. The fourth-order valence-corrected chi connectivity index (χ4v) is 2.20. The molecule has 0 aliphatic carbocycles. The summed E-state index contributed by atoms with van der Waals surface area (Å²) in [6.07, 6.45) is 0. The lowest BCUT2D eigenvalue weighted by Gasteiger charge is -2.11. The van der Waals surface area contributed by atoms with Crippen molar-refractivity contribution in [3.05, 3.63) is 57.7 Å². The zero-order chi connectivity index (χ0) is 15.2. The van der Waals surface area contributed by atoms with Crippen LogP contribution < -0.4 is 15.8 Å². The number of hydrogen-bond donors (Lipinski definition) is 2. The van der Waals surface area contributed by atoms with Gasteiger partial charge in [-0.3, -0.25) is 9.59 Å². The summed E-state index contributed by atoms with van der Waals surface area (Å²) in [6.45, 7) is -0.271. The van der Waals surface area contributed by atoms with Crippen molar-refractivity contribution in [1.29, 1.82) is 0 Å². The van der Waals surface area contributed by atoms with Crippen LogP contribution in [-0.4, -0.2) is 18.4 Å². The van der Waals surface area contributed by atoms with E-state index in [2.05, 4.69) is 27.9 Å². The van der Waals surface area contributed by atoms with Gasteiger partial charge in [0.15, 0.2) is 6.61 Å². The van der Waals surface area contributed by atoms with Gasteiger partial charge in [-0.1, -0.05) is 24.3 Å². The van der Waals surface area contributed by atoms with Crippen LogP contribution in [0.1, 0.15) is 10.4 Å². The van der Waals surface area contributed by atoms with Crippen molar-refractivity contribution in [2.24, 2.45) is 5.73 Å². The second-order valence-corrected chi connectivity index (χ2v) is 5.35. The van der Waals surface area contributed by atoms with E-state index in [9.17, 15) is 9.59 Å². The molecule has 0 heterocycles. The van der Waals surface area contributed by atoms with Gasteiger partial charge in [0, 0.05) is 3.57 Å². The first kappa shape index (κ1) is 15.3. The van der Waals surface area contributed by atoms with Crippen molar-refractivity contribution in [1.82, 2.24) is 0 Å². The first-order chi connectivity index (χ1) is 10.1. The molecular formula is C15H13IN2O3. The van der Waals surface area contributed by atoms with Gasteiger partial charge in [-0.15, -0.1) is 0 Å². The van der Waals surface area contributed by atoms with Crippen LogP contribution in [0.15, 0.2) is 48.5 Å². The van der Waals surface area contributed by atoms with Crippen LogP contribution in [-0.2, 0) is 4.79 Å². The van der Waals surface area contributed by atoms with Crippen LogP contribution in [0.3, 0.4) is 0 Å². The highest BCUT2D eigenvalue weighted by Crippen LogP contribution is 2.22. The SMILES string of the molecule is NC(=O)COc1ccccc1C(=O)Nc1ccccc1I. The summed E-state index contributed by atoms with van der Waals surface area (Å²) in [6, 6.07) is 14.1. The number of carbonyl (C=O) groups is 2. The van der Waals surface area contributed by atoms with Crippen molar-refractivity contribution in [3.63, 3.8) is 0 Å². The Balaban J connectivity index is 2.19. The largest absolute Gasteiger partial charge is 0.483 e. The summed E-state index contributed by atoms with van der Waals surface area (Å²) >= 11 is 2.14. The lowest BCUT2D eigenvalue weighted by molar-refractivity contribution is -0.119. The molecule has 0 saturated heterocycles. The average Bonchev–Trinajstić information content (AvgIpc) is 2.47. The van der Waals surface area contributed by atoms with E-state index in [1.54, 1.807) is 24.3 Å². The molecule has 6 heteroatoms. The highest BCUT2D eigenvalue weighted by molar-refractivity contribution is 14.1. The first-order valence-corrected chi connectivity index (χ1v) is 7.22.